The first kappa shape index (κ1) is 18.9. The number of carboxylic acid groups (broad SMARTS) is 1. The number of pyridine rings is 1. The Labute approximate surface area is 162 Å². The number of hydrogen-bond acceptors (Lipinski definition) is 6. The van der Waals surface area contributed by atoms with E-state index in [1.54, 1.807) is 30.5 Å². The number of nitrogen functional groups attached to an aromatic ring is 1. The molecule has 0 unspecified atom stereocenters. The van der Waals surface area contributed by atoms with Crippen LogP contribution in [0.1, 0.15) is 34.1 Å². The number of benzene rings is 1. The minimum Gasteiger partial charge on any atom is -0.496 e. The average molecular weight is 374 g/mol. The predicted octanol–water partition coefficient (Wildman–Crippen LogP) is 2.79. The third-order valence-electron chi connectivity index (χ3n) is 4.08. The van der Waals surface area contributed by atoms with Crippen LogP contribution in [0, 0.1) is 11.8 Å². The Kier molecular flexibility index (Phi) is 5.51. The summed E-state index contributed by atoms with van der Waals surface area (Å²) in [6.07, 6.45) is 3.74. The van der Waals surface area contributed by atoms with Crippen LogP contribution in [0.15, 0.2) is 42.9 Å². The summed E-state index contributed by atoms with van der Waals surface area (Å²) >= 11 is 0. The lowest BCUT2D eigenvalue weighted by molar-refractivity contribution is 0.0693. The van der Waals surface area contributed by atoms with E-state index < -0.39 is 5.97 Å². The number of aromatic carboxylic acids is 1. The topological polar surface area (TPSA) is 111 Å². The number of methoxy groups -OCH3 is 1. The van der Waals surface area contributed by atoms with E-state index in [0.717, 1.165) is 5.69 Å². The molecule has 0 aliphatic carbocycles. The smallest absolute Gasteiger partial charge is 0.339 e. The second kappa shape index (κ2) is 8.18. The molecule has 28 heavy (non-hydrogen) atoms. The van der Waals surface area contributed by atoms with E-state index in [0.29, 0.717) is 34.6 Å². The standard InChI is InChI=1S/C21H18N4O3/c1-3-17-15(7-4-13-5-9-19(22)23-11-13)20(25-12-24-17)14-6-8-16(21(26)27)18(10-14)28-2/h5-6,8-12H,3H2,1-2H3,(H2,22,23)(H,26,27). The van der Waals surface area contributed by atoms with Crippen LogP contribution < -0.4 is 10.5 Å². The van der Waals surface area contributed by atoms with E-state index in [2.05, 4.69) is 26.8 Å². The highest BCUT2D eigenvalue weighted by Crippen LogP contribution is 2.29. The monoisotopic (exact) mass is 374 g/mol. The van der Waals surface area contributed by atoms with Crippen LogP contribution in [0.3, 0.4) is 0 Å². The lowest BCUT2D eigenvalue weighted by Gasteiger charge is -2.10. The van der Waals surface area contributed by atoms with Gasteiger partial charge in [-0.2, -0.15) is 0 Å². The second-order valence-corrected chi connectivity index (χ2v) is 5.84. The number of rotatable bonds is 4. The van der Waals surface area contributed by atoms with Crippen molar-refractivity contribution in [2.75, 3.05) is 12.8 Å². The van der Waals surface area contributed by atoms with Gasteiger partial charge in [0.15, 0.2) is 0 Å². The Morgan fingerprint density at radius 1 is 1.18 bits per heavy atom. The number of nitrogens with zero attached hydrogens (tertiary/aromatic N) is 3. The van der Waals surface area contributed by atoms with E-state index in [4.69, 9.17) is 10.5 Å². The van der Waals surface area contributed by atoms with Gasteiger partial charge in [0, 0.05) is 17.3 Å². The molecule has 0 saturated carbocycles. The third kappa shape index (κ3) is 3.91. The highest BCUT2D eigenvalue weighted by Gasteiger charge is 2.15. The van der Waals surface area contributed by atoms with Crippen LogP contribution in [-0.2, 0) is 6.42 Å². The molecule has 7 nitrogen and oxygen atoms in total. The van der Waals surface area contributed by atoms with Gasteiger partial charge in [-0.1, -0.05) is 24.8 Å². The van der Waals surface area contributed by atoms with Gasteiger partial charge in [-0.15, -0.1) is 0 Å². The molecule has 140 valence electrons. The zero-order chi connectivity index (χ0) is 20.1. The molecule has 0 atom stereocenters. The summed E-state index contributed by atoms with van der Waals surface area (Å²) in [5, 5.41) is 9.28. The van der Waals surface area contributed by atoms with Gasteiger partial charge in [-0.05, 0) is 30.7 Å². The van der Waals surface area contributed by atoms with Crippen molar-refractivity contribution in [1.82, 2.24) is 15.0 Å². The van der Waals surface area contributed by atoms with Crippen LogP contribution in [0.2, 0.25) is 0 Å². The van der Waals surface area contributed by atoms with E-state index in [-0.39, 0.29) is 11.3 Å². The first-order chi connectivity index (χ1) is 13.5. The van der Waals surface area contributed by atoms with E-state index in [9.17, 15) is 9.90 Å². The Balaban J connectivity index is 2.13. The number of anilines is 1. The highest BCUT2D eigenvalue weighted by molar-refractivity contribution is 5.92. The normalized spacial score (nSPS) is 10.1. The fourth-order valence-corrected chi connectivity index (χ4v) is 2.67. The molecule has 3 N–H and O–H groups in total. The lowest BCUT2D eigenvalue weighted by atomic mass is 10.0. The van der Waals surface area contributed by atoms with Crippen LogP contribution in [-0.4, -0.2) is 33.1 Å². The highest BCUT2D eigenvalue weighted by atomic mass is 16.5. The number of carboxylic acids is 1. The summed E-state index contributed by atoms with van der Waals surface area (Å²) in [6.45, 7) is 1.98. The van der Waals surface area contributed by atoms with Gasteiger partial charge >= 0.3 is 5.97 Å². The van der Waals surface area contributed by atoms with Gasteiger partial charge in [0.2, 0.25) is 0 Å². The van der Waals surface area contributed by atoms with Crippen LogP contribution in [0.4, 0.5) is 5.82 Å². The van der Waals surface area contributed by atoms with E-state index >= 15 is 0 Å². The largest absolute Gasteiger partial charge is 0.496 e. The maximum Gasteiger partial charge on any atom is 0.339 e. The molecule has 1 aromatic carbocycles. The van der Waals surface area contributed by atoms with Gasteiger partial charge in [-0.25, -0.2) is 19.7 Å². The maximum atomic E-state index is 11.3. The molecule has 3 aromatic rings. The summed E-state index contributed by atoms with van der Waals surface area (Å²) < 4.78 is 5.23. The van der Waals surface area contributed by atoms with Gasteiger partial charge in [-0.3, -0.25) is 0 Å². The van der Waals surface area contributed by atoms with E-state index in [1.807, 2.05) is 6.92 Å². The number of ether oxygens (including phenoxy) is 1. The number of carbonyl (C=O) groups is 1. The van der Waals surface area contributed by atoms with Crippen LogP contribution >= 0.6 is 0 Å². The molecular weight excluding hydrogens is 356 g/mol. The molecule has 7 heteroatoms. The minimum absolute atomic E-state index is 0.0802. The van der Waals surface area contributed by atoms with Crippen molar-refractivity contribution in [1.29, 1.82) is 0 Å². The zero-order valence-corrected chi connectivity index (χ0v) is 15.4. The fraction of sp³-hybridized carbons (Fsp3) is 0.143. The van der Waals surface area contributed by atoms with Gasteiger partial charge in [0.1, 0.15) is 23.5 Å². The molecule has 2 heterocycles. The molecule has 0 aliphatic rings. The van der Waals surface area contributed by atoms with E-state index in [1.165, 1.54) is 19.5 Å². The van der Waals surface area contributed by atoms with Crippen molar-refractivity contribution in [3.63, 3.8) is 0 Å². The van der Waals surface area contributed by atoms with Gasteiger partial charge in [0.05, 0.1) is 24.1 Å². The van der Waals surface area contributed by atoms with Crippen molar-refractivity contribution in [3.8, 4) is 28.8 Å². The molecular formula is C21H18N4O3. The number of aromatic nitrogens is 3. The Morgan fingerprint density at radius 3 is 2.64 bits per heavy atom. The zero-order valence-electron chi connectivity index (χ0n) is 15.4. The molecule has 0 spiro atoms. The number of aryl methyl sites for hydroxylation is 1. The molecule has 2 aromatic heterocycles. The Hall–Kier alpha value is -3.92. The lowest BCUT2D eigenvalue weighted by Crippen LogP contribution is -2.02. The maximum absolute atomic E-state index is 11.3. The molecule has 0 aliphatic heterocycles. The van der Waals surface area contributed by atoms with Crippen molar-refractivity contribution >= 4 is 11.8 Å². The Bertz CT molecular complexity index is 1080. The molecule has 0 saturated heterocycles. The van der Waals surface area contributed by atoms with Crippen molar-refractivity contribution < 1.29 is 14.6 Å². The summed E-state index contributed by atoms with van der Waals surface area (Å²) in [5.41, 5.74) is 9.17. The quantitative estimate of drug-likeness (QED) is 0.675. The molecule has 0 fully saturated rings. The van der Waals surface area contributed by atoms with Crippen molar-refractivity contribution in [2.45, 2.75) is 13.3 Å². The summed E-state index contributed by atoms with van der Waals surface area (Å²) in [5.74, 6) is 5.81. The average Bonchev–Trinajstić information content (AvgIpc) is 2.72. The summed E-state index contributed by atoms with van der Waals surface area (Å²) in [7, 11) is 1.43. The minimum atomic E-state index is -1.06. The van der Waals surface area contributed by atoms with Crippen molar-refractivity contribution in [2.24, 2.45) is 0 Å². The van der Waals surface area contributed by atoms with Gasteiger partial charge < -0.3 is 15.6 Å². The van der Waals surface area contributed by atoms with Crippen LogP contribution in [0.25, 0.3) is 11.3 Å². The summed E-state index contributed by atoms with van der Waals surface area (Å²) in [4.78, 5) is 24.1. The number of nitrogens with two attached hydrogens (primary N) is 1. The first-order valence-corrected chi connectivity index (χ1v) is 8.52. The summed E-state index contributed by atoms with van der Waals surface area (Å²) in [6, 6.07) is 8.29. The van der Waals surface area contributed by atoms with Gasteiger partial charge in [0.25, 0.3) is 0 Å². The fourth-order valence-electron chi connectivity index (χ4n) is 2.67. The molecule has 0 amide bonds. The second-order valence-electron chi connectivity index (χ2n) is 5.84. The predicted molar refractivity (Wildman–Crippen MR) is 105 cm³/mol. The molecule has 0 bridgehead atoms. The Morgan fingerprint density at radius 2 is 2.00 bits per heavy atom. The SMILES string of the molecule is CCc1ncnc(-c2ccc(C(=O)O)c(OC)c2)c1C#Cc1ccc(N)nc1. The third-order valence-corrected chi connectivity index (χ3v) is 4.08. The first-order valence-electron chi connectivity index (χ1n) is 8.52. The number of hydrogen-bond donors (Lipinski definition) is 2. The van der Waals surface area contributed by atoms with Crippen molar-refractivity contribution in [3.05, 3.63) is 65.2 Å². The van der Waals surface area contributed by atoms with Crippen LogP contribution in [0.5, 0.6) is 5.75 Å². The molecule has 0 radical (unpaired) electrons. The molecule has 3 rings (SSSR count).